The summed E-state index contributed by atoms with van der Waals surface area (Å²) in [5.74, 6) is -1.46. The number of β-amino-alcohol motifs (C(OH)–C–C–N with tert-alkyl or cyclic N) is 1. The molecule has 0 aromatic heterocycles. The highest BCUT2D eigenvalue weighted by atomic mass is 35.5. The van der Waals surface area contributed by atoms with Crippen LogP contribution < -0.4 is 5.32 Å². The van der Waals surface area contributed by atoms with Crippen molar-refractivity contribution in [2.45, 2.75) is 12.5 Å². The molecule has 0 saturated carbocycles. The Bertz CT molecular complexity index is 142. The number of aliphatic carboxylic acids is 1. The van der Waals surface area contributed by atoms with E-state index in [1.807, 2.05) is 0 Å². The average Bonchev–Trinajstić information content (AvgIpc) is 1.88. The number of carbonyl (C=O) groups is 1. The molecule has 66 valence electrons. The fourth-order valence-corrected chi connectivity index (χ4v) is 1.13. The van der Waals surface area contributed by atoms with Gasteiger partial charge in [-0.3, -0.25) is 4.79 Å². The third kappa shape index (κ3) is 2.65. The minimum absolute atomic E-state index is 0. The van der Waals surface area contributed by atoms with Crippen molar-refractivity contribution >= 4 is 18.4 Å². The van der Waals surface area contributed by atoms with E-state index in [1.54, 1.807) is 0 Å². The molecule has 1 heterocycles. The zero-order valence-corrected chi connectivity index (χ0v) is 6.80. The summed E-state index contributed by atoms with van der Waals surface area (Å²) in [6, 6.07) is 0. The maximum atomic E-state index is 10.4. The van der Waals surface area contributed by atoms with Crippen molar-refractivity contribution in [1.82, 2.24) is 5.32 Å². The first kappa shape index (κ1) is 10.7. The summed E-state index contributed by atoms with van der Waals surface area (Å²) >= 11 is 0. The molecule has 0 aromatic carbocycles. The van der Waals surface area contributed by atoms with Crippen molar-refractivity contribution < 1.29 is 15.0 Å². The standard InChI is InChI=1S/C6H11NO3.ClH/c8-5-3-7-2-1-4(5)6(9)10;/h4-5,7-8H,1-3H2,(H,9,10);1H/t4-,5+;/m0./s1. The maximum Gasteiger partial charge on any atom is 0.309 e. The van der Waals surface area contributed by atoms with E-state index in [1.165, 1.54) is 0 Å². The van der Waals surface area contributed by atoms with Gasteiger partial charge in [0.05, 0.1) is 12.0 Å². The Morgan fingerprint density at radius 1 is 1.55 bits per heavy atom. The minimum Gasteiger partial charge on any atom is -0.481 e. The van der Waals surface area contributed by atoms with Crippen LogP contribution in [-0.2, 0) is 4.79 Å². The van der Waals surface area contributed by atoms with Crippen molar-refractivity contribution in [2.24, 2.45) is 5.92 Å². The molecule has 11 heavy (non-hydrogen) atoms. The quantitative estimate of drug-likeness (QED) is 0.509. The molecular formula is C6H12ClNO3. The molecule has 1 saturated heterocycles. The SMILES string of the molecule is Cl.O=C(O)[C@H]1CCNC[C@H]1O. The van der Waals surface area contributed by atoms with Crippen LogP contribution in [0.5, 0.6) is 0 Å². The van der Waals surface area contributed by atoms with Gasteiger partial charge in [0.1, 0.15) is 0 Å². The van der Waals surface area contributed by atoms with E-state index in [9.17, 15) is 4.79 Å². The molecule has 0 spiro atoms. The van der Waals surface area contributed by atoms with E-state index in [0.717, 1.165) is 0 Å². The summed E-state index contributed by atoms with van der Waals surface area (Å²) in [6.07, 6.45) is -0.192. The summed E-state index contributed by atoms with van der Waals surface area (Å²) in [4.78, 5) is 10.4. The van der Waals surface area contributed by atoms with Crippen molar-refractivity contribution in [3.8, 4) is 0 Å². The van der Waals surface area contributed by atoms with Gasteiger partial charge in [0.2, 0.25) is 0 Å². The van der Waals surface area contributed by atoms with Gasteiger partial charge in [0, 0.05) is 6.54 Å². The fourth-order valence-electron chi connectivity index (χ4n) is 1.13. The number of rotatable bonds is 1. The number of piperidine rings is 1. The highest BCUT2D eigenvalue weighted by Crippen LogP contribution is 2.11. The maximum absolute atomic E-state index is 10.4. The Hall–Kier alpha value is -0.320. The smallest absolute Gasteiger partial charge is 0.309 e. The zero-order chi connectivity index (χ0) is 7.56. The Morgan fingerprint density at radius 3 is 2.55 bits per heavy atom. The first-order chi connectivity index (χ1) is 4.72. The second kappa shape index (κ2) is 4.54. The van der Waals surface area contributed by atoms with Gasteiger partial charge in [0.25, 0.3) is 0 Å². The van der Waals surface area contributed by atoms with E-state index in [0.29, 0.717) is 19.5 Å². The van der Waals surface area contributed by atoms with Gasteiger partial charge in [-0.2, -0.15) is 0 Å². The summed E-state index contributed by atoms with van der Waals surface area (Å²) in [5, 5.41) is 20.5. The van der Waals surface area contributed by atoms with Crippen molar-refractivity contribution in [3.05, 3.63) is 0 Å². The lowest BCUT2D eigenvalue weighted by Crippen LogP contribution is -2.43. The molecule has 1 rings (SSSR count). The highest BCUT2D eigenvalue weighted by Gasteiger charge is 2.28. The molecule has 0 unspecified atom stereocenters. The number of nitrogens with one attached hydrogen (secondary N) is 1. The van der Waals surface area contributed by atoms with E-state index in [2.05, 4.69) is 5.32 Å². The number of hydrogen-bond acceptors (Lipinski definition) is 3. The largest absolute Gasteiger partial charge is 0.481 e. The van der Waals surface area contributed by atoms with Gasteiger partial charge in [0.15, 0.2) is 0 Å². The van der Waals surface area contributed by atoms with Crippen LogP contribution >= 0.6 is 12.4 Å². The van der Waals surface area contributed by atoms with Crippen LogP contribution in [0, 0.1) is 5.92 Å². The van der Waals surface area contributed by atoms with Crippen LogP contribution in [0.15, 0.2) is 0 Å². The number of carboxylic acids is 1. The monoisotopic (exact) mass is 181 g/mol. The summed E-state index contributed by atoms with van der Waals surface area (Å²) in [7, 11) is 0. The van der Waals surface area contributed by atoms with Crippen LogP contribution in [0.2, 0.25) is 0 Å². The molecule has 1 fully saturated rings. The number of aliphatic hydroxyl groups is 1. The van der Waals surface area contributed by atoms with E-state index < -0.39 is 18.0 Å². The summed E-state index contributed by atoms with van der Waals surface area (Å²) in [5.41, 5.74) is 0. The van der Waals surface area contributed by atoms with Crippen molar-refractivity contribution in [3.63, 3.8) is 0 Å². The number of hydrogen-bond donors (Lipinski definition) is 3. The average molecular weight is 182 g/mol. The van der Waals surface area contributed by atoms with Crippen LogP contribution in [0.4, 0.5) is 0 Å². The predicted molar refractivity (Wildman–Crippen MR) is 41.9 cm³/mol. The molecule has 4 nitrogen and oxygen atoms in total. The highest BCUT2D eigenvalue weighted by molar-refractivity contribution is 5.85. The number of halogens is 1. The van der Waals surface area contributed by atoms with Crippen LogP contribution in [0.25, 0.3) is 0 Å². The Kier molecular flexibility index (Phi) is 4.40. The second-order valence-corrected chi connectivity index (χ2v) is 2.50. The molecule has 0 amide bonds. The fraction of sp³-hybridized carbons (Fsp3) is 0.833. The molecule has 1 aliphatic rings. The molecule has 0 aromatic rings. The molecule has 5 heteroatoms. The normalized spacial score (nSPS) is 30.6. The predicted octanol–water partition coefficient (Wildman–Crippen LogP) is -0.537. The van der Waals surface area contributed by atoms with Gasteiger partial charge in [-0.25, -0.2) is 0 Å². The van der Waals surface area contributed by atoms with Crippen LogP contribution in [0.1, 0.15) is 6.42 Å². The topological polar surface area (TPSA) is 69.6 Å². The number of carboxylic acid groups (broad SMARTS) is 1. The van der Waals surface area contributed by atoms with E-state index in [4.69, 9.17) is 10.2 Å². The third-order valence-electron chi connectivity index (χ3n) is 1.77. The molecule has 3 N–H and O–H groups in total. The lowest BCUT2D eigenvalue weighted by Gasteiger charge is -2.24. The summed E-state index contributed by atoms with van der Waals surface area (Å²) in [6.45, 7) is 1.09. The molecule has 2 atom stereocenters. The number of aliphatic hydroxyl groups excluding tert-OH is 1. The Labute approximate surface area is 71.0 Å². The van der Waals surface area contributed by atoms with E-state index in [-0.39, 0.29) is 12.4 Å². The van der Waals surface area contributed by atoms with Crippen molar-refractivity contribution in [1.29, 1.82) is 0 Å². The van der Waals surface area contributed by atoms with Gasteiger partial charge < -0.3 is 15.5 Å². The molecule has 0 aliphatic carbocycles. The molecule has 1 aliphatic heterocycles. The van der Waals surface area contributed by atoms with Gasteiger partial charge in [-0.05, 0) is 13.0 Å². The molecular weight excluding hydrogens is 170 g/mol. The first-order valence-corrected chi connectivity index (χ1v) is 3.33. The van der Waals surface area contributed by atoms with Gasteiger partial charge in [-0.1, -0.05) is 0 Å². The lowest BCUT2D eigenvalue weighted by molar-refractivity contribution is -0.146. The Balaban J connectivity index is 0.000001000. The van der Waals surface area contributed by atoms with Crippen molar-refractivity contribution in [2.75, 3.05) is 13.1 Å². The molecule has 0 bridgehead atoms. The first-order valence-electron chi connectivity index (χ1n) is 3.33. The van der Waals surface area contributed by atoms with E-state index >= 15 is 0 Å². The molecule has 0 radical (unpaired) electrons. The summed E-state index contributed by atoms with van der Waals surface area (Å²) < 4.78 is 0. The van der Waals surface area contributed by atoms with Crippen LogP contribution in [0.3, 0.4) is 0 Å². The van der Waals surface area contributed by atoms with Gasteiger partial charge >= 0.3 is 5.97 Å². The third-order valence-corrected chi connectivity index (χ3v) is 1.77. The van der Waals surface area contributed by atoms with Crippen LogP contribution in [-0.4, -0.2) is 35.4 Å². The van der Waals surface area contributed by atoms with Gasteiger partial charge in [-0.15, -0.1) is 12.4 Å². The zero-order valence-electron chi connectivity index (χ0n) is 5.99. The Morgan fingerprint density at radius 2 is 2.18 bits per heavy atom. The lowest BCUT2D eigenvalue weighted by atomic mass is 9.96. The minimum atomic E-state index is -0.894. The second-order valence-electron chi connectivity index (χ2n) is 2.50.